The van der Waals surface area contributed by atoms with Gasteiger partial charge in [0.15, 0.2) is 0 Å². The van der Waals surface area contributed by atoms with Gasteiger partial charge in [0.25, 0.3) is 0 Å². The minimum atomic E-state index is -4.97. The second-order valence-corrected chi connectivity index (χ2v) is 3.13. The SMILES string of the molecule is O=C(ONC1=NCCCCC1)C(F)(F)F. The first-order valence-electron chi connectivity index (χ1n) is 4.57. The van der Waals surface area contributed by atoms with E-state index in [4.69, 9.17) is 0 Å². The molecular formula is C8H11F3N2O2. The molecular weight excluding hydrogens is 213 g/mol. The van der Waals surface area contributed by atoms with Gasteiger partial charge in [-0.25, -0.2) is 10.3 Å². The van der Waals surface area contributed by atoms with Crippen LogP contribution in [0.4, 0.5) is 13.2 Å². The monoisotopic (exact) mass is 224 g/mol. The average Bonchev–Trinajstić information content (AvgIpc) is 2.40. The van der Waals surface area contributed by atoms with Crippen molar-refractivity contribution in [2.24, 2.45) is 4.99 Å². The molecule has 0 saturated heterocycles. The molecule has 0 aromatic carbocycles. The highest BCUT2D eigenvalue weighted by Crippen LogP contribution is 2.15. The van der Waals surface area contributed by atoms with Crippen LogP contribution in [0.2, 0.25) is 0 Å². The van der Waals surface area contributed by atoms with Crippen LogP contribution in [-0.4, -0.2) is 24.5 Å². The molecule has 0 spiro atoms. The van der Waals surface area contributed by atoms with Crippen molar-refractivity contribution in [3.05, 3.63) is 0 Å². The van der Waals surface area contributed by atoms with Crippen LogP contribution in [0.15, 0.2) is 4.99 Å². The molecule has 4 nitrogen and oxygen atoms in total. The molecule has 15 heavy (non-hydrogen) atoms. The lowest BCUT2D eigenvalue weighted by atomic mass is 10.2. The third-order valence-corrected chi connectivity index (χ3v) is 1.87. The zero-order chi connectivity index (χ0) is 11.3. The number of rotatable bonds is 0. The number of hydrogen-bond donors (Lipinski definition) is 1. The zero-order valence-corrected chi connectivity index (χ0v) is 7.93. The van der Waals surface area contributed by atoms with Crippen molar-refractivity contribution in [1.82, 2.24) is 5.48 Å². The zero-order valence-electron chi connectivity index (χ0n) is 7.93. The highest BCUT2D eigenvalue weighted by atomic mass is 19.4. The van der Waals surface area contributed by atoms with Crippen LogP contribution in [0.25, 0.3) is 0 Å². The van der Waals surface area contributed by atoms with Gasteiger partial charge in [-0.05, 0) is 12.8 Å². The van der Waals surface area contributed by atoms with Gasteiger partial charge >= 0.3 is 12.1 Å². The standard InChI is InChI=1S/C8H11F3N2O2/c9-8(10,11)7(14)15-13-6-4-2-1-3-5-12-6/h1-5H2,(H,12,13). The van der Waals surface area contributed by atoms with E-state index in [1.807, 2.05) is 5.48 Å². The molecule has 0 radical (unpaired) electrons. The molecule has 0 amide bonds. The summed E-state index contributed by atoms with van der Waals surface area (Å²) in [5.41, 5.74) is 1.95. The third-order valence-electron chi connectivity index (χ3n) is 1.87. The number of nitrogens with zero attached hydrogens (tertiary/aromatic N) is 1. The molecule has 1 heterocycles. The maximum Gasteiger partial charge on any atom is 0.493 e. The maximum atomic E-state index is 11.7. The molecule has 0 unspecified atom stereocenters. The minimum absolute atomic E-state index is 0.296. The molecule has 86 valence electrons. The van der Waals surface area contributed by atoms with Gasteiger partial charge in [-0.3, -0.25) is 4.99 Å². The first-order chi connectivity index (χ1) is 7.00. The topological polar surface area (TPSA) is 50.7 Å². The summed E-state index contributed by atoms with van der Waals surface area (Å²) in [6, 6.07) is 0. The first-order valence-corrected chi connectivity index (χ1v) is 4.57. The molecule has 1 aliphatic heterocycles. The number of carbonyl (C=O) groups excluding carboxylic acids is 1. The van der Waals surface area contributed by atoms with E-state index in [0.29, 0.717) is 18.8 Å². The highest BCUT2D eigenvalue weighted by molar-refractivity contribution is 5.84. The Labute approximate surface area is 84.5 Å². The second kappa shape index (κ2) is 4.99. The van der Waals surface area contributed by atoms with Crippen molar-refractivity contribution in [1.29, 1.82) is 0 Å². The number of aliphatic imine (C=N–C) groups is 1. The van der Waals surface area contributed by atoms with E-state index in [-0.39, 0.29) is 0 Å². The number of carbonyl (C=O) groups is 1. The number of alkyl halides is 3. The lowest BCUT2D eigenvalue weighted by Crippen LogP contribution is -2.34. The van der Waals surface area contributed by atoms with Crippen molar-refractivity contribution in [3.8, 4) is 0 Å². The molecule has 0 bridgehead atoms. The smallest absolute Gasteiger partial charge is 0.334 e. The van der Waals surface area contributed by atoms with Crippen molar-refractivity contribution < 1.29 is 22.8 Å². The third kappa shape index (κ3) is 4.18. The Hall–Kier alpha value is -1.27. The quantitative estimate of drug-likeness (QED) is 0.635. The van der Waals surface area contributed by atoms with Gasteiger partial charge in [0.05, 0.1) is 0 Å². The number of hydrogen-bond acceptors (Lipinski definition) is 4. The second-order valence-electron chi connectivity index (χ2n) is 3.13. The Kier molecular flexibility index (Phi) is 3.93. The summed E-state index contributed by atoms with van der Waals surface area (Å²) in [4.78, 5) is 18.1. The lowest BCUT2D eigenvalue weighted by Gasteiger charge is -2.09. The van der Waals surface area contributed by atoms with Crippen LogP contribution in [0.5, 0.6) is 0 Å². The fourth-order valence-electron chi connectivity index (χ4n) is 1.12. The van der Waals surface area contributed by atoms with Gasteiger partial charge in [0.2, 0.25) is 0 Å². The molecule has 0 saturated carbocycles. The van der Waals surface area contributed by atoms with E-state index < -0.39 is 12.1 Å². The largest absolute Gasteiger partial charge is 0.493 e. The summed E-state index contributed by atoms with van der Waals surface area (Å²) < 4.78 is 35.2. The average molecular weight is 224 g/mol. The summed E-state index contributed by atoms with van der Waals surface area (Å²) in [5.74, 6) is -1.96. The van der Waals surface area contributed by atoms with Gasteiger partial charge in [0, 0.05) is 13.0 Å². The summed E-state index contributed by atoms with van der Waals surface area (Å²) in [5, 5.41) is 0. The van der Waals surface area contributed by atoms with Crippen molar-refractivity contribution in [3.63, 3.8) is 0 Å². The van der Waals surface area contributed by atoms with Crippen LogP contribution in [0.3, 0.4) is 0 Å². The number of amidine groups is 1. The van der Waals surface area contributed by atoms with E-state index in [9.17, 15) is 18.0 Å². The van der Waals surface area contributed by atoms with Crippen molar-refractivity contribution in [2.75, 3.05) is 6.54 Å². The Bertz CT molecular complexity index is 263. The van der Waals surface area contributed by atoms with E-state index in [1.54, 1.807) is 0 Å². The molecule has 1 aliphatic rings. The molecule has 1 rings (SSSR count). The normalized spacial score (nSPS) is 17.7. The van der Waals surface area contributed by atoms with Gasteiger partial charge in [-0.1, -0.05) is 6.42 Å². The number of nitrogens with one attached hydrogen (secondary N) is 1. The van der Waals surface area contributed by atoms with Crippen molar-refractivity contribution >= 4 is 11.8 Å². The summed E-state index contributed by atoms with van der Waals surface area (Å²) in [6.45, 7) is 0.548. The van der Waals surface area contributed by atoms with E-state index in [0.717, 1.165) is 19.3 Å². The highest BCUT2D eigenvalue weighted by Gasteiger charge is 2.41. The van der Waals surface area contributed by atoms with Crippen LogP contribution in [0, 0.1) is 0 Å². The maximum absolute atomic E-state index is 11.7. The van der Waals surface area contributed by atoms with Crippen LogP contribution < -0.4 is 5.48 Å². The summed E-state index contributed by atoms with van der Waals surface area (Å²) in [6.07, 6.45) is -1.76. The molecule has 1 N–H and O–H groups in total. The van der Waals surface area contributed by atoms with E-state index >= 15 is 0 Å². The Balaban J connectivity index is 2.36. The fourth-order valence-corrected chi connectivity index (χ4v) is 1.12. The van der Waals surface area contributed by atoms with Crippen LogP contribution in [-0.2, 0) is 9.63 Å². The fraction of sp³-hybridized carbons (Fsp3) is 0.750. The van der Waals surface area contributed by atoms with Crippen LogP contribution >= 0.6 is 0 Å². The summed E-state index contributed by atoms with van der Waals surface area (Å²) >= 11 is 0. The van der Waals surface area contributed by atoms with Gasteiger partial charge in [-0.2, -0.15) is 13.2 Å². The van der Waals surface area contributed by atoms with Gasteiger partial charge in [0.1, 0.15) is 5.84 Å². The molecule has 0 atom stereocenters. The molecule has 0 fully saturated rings. The lowest BCUT2D eigenvalue weighted by molar-refractivity contribution is -0.203. The molecule has 0 aromatic rings. The Morgan fingerprint density at radius 2 is 2.07 bits per heavy atom. The van der Waals surface area contributed by atoms with Crippen molar-refractivity contribution in [2.45, 2.75) is 31.9 Å². The predicted octanol–water partition coefficient (Wildman–Crippen LogP) is 1.57. The Morgan fingerprint density at radius 3 is 2.73 bits per heavy atom. The molecule has 0 aromatic heterocycles. The van der Waals surface area contributed by atoms with E-state index in [2.05, 4.69) is 9.83 Å². The van der Waals surface area contributed by atoms with Gasteiger partial charge < -0.3 is 4.84 Å². The van der Waals surface area contributed by atoms with Crippen LogP contribution in [0.1, 0.15) is 25.7 Å². The number of hydroxylamine groups is 1. The molecule has 0 aliphatic carbocycles. The number of halogens is 3. The van der Waals surface area contributed by atoms with E-state index in [1.165, 1.54) is 0 Å². The minimum Gasteiger partial charge on any atom is -0.334 e. The van der Waals surface area contributed by atoms with Gasteiger partial charge in [-0.15, -0.1) is 0 Å². The molecule has 7 heteroatoms. The first kappa shape index (κ1) is 11.8. The summed E-state index contributed by atoms with van der Waals surface area (Å²) in [7, 11) is 0. The predicted molar refractivity (Wildman–Crippen MR) is 46.1 cm³/mol. The Morgan fingerprint density at radius 1 is 1.33 bits per heavy atom.